The lowest BCUT2D eigenvalue weighted by molar-refractivity contribution is 0.0525. The second-order valence-electron chi connectivity index (χ2n) is 5.76. The highest BCUT2D eigenvalue weighted by Crippen LogP contribution is 2.21. The first kappa shape index (κ1) is 18.7. The summed E-state index contributed by atoms with van der Waals surface area (Å²) in [4.78, 5) is 29.6. The molecule has 2 aromatic rings. The third-order valence-corrected chi connectivity index (χ3v) is 4.09. The number of H-pyrrole nitrogens is 1. The molecule has 1 N–H and O–H groups in total. The number of ether oxygens (including phenoxy) is 1. The van der Waals surface area contributed by atoms with Crippen LogP contribution in [0.1, 0.15) is 46.0 Å². The van der Waals surface area contributed by atoms with Gasteiger partial charge in [-0.05, 0) is 51.5 Å². The molecular weight excluding hydrogens is 323 g/mol. The molecule has 1 heterocycles. The Balaban J connectivity index is 2.25. The molecule has 0 atom stereocenters. The molecule has 0 aliphatic heterocycles. The van der Waals surface area contributed by atoms with E-state index in [0.717, 1.165) is 0 Å². The number of ketones is 1. The number of carbonyl (C=O) groups excluding carboxylic acids is 2. The molecule has 0 saturated carbocycles. The molecule has 0 aliphatic rings. The van der Waals surface area contributed by atoms with Gasteiger partial charge < -0.3 is 14.6 Å². The van der Waals surface area contributed by atoms with E-state index in [4.69, 9.17) is 4.74 Å². The Morgan fingerprint density at radius 2 is 1.96 bits per heavy atom. The minimum Gasteiger partial charge on any atom is -0.462 e. The highest BCUT2D eigenvalue weighted by Gasteiger charge is 2.23. The Morgan fingerprint density at radius 3 is 2.56 bits per heavy atom. The maximum absolute atomic E-state index is 13.4. The number of nitrogens with zero attached hydrogens (tertiary/aromatic N) is 1. The van der Waals surface area contributed by atoms with Crippen LogP contribution in [-0.2, 0) is 4.74 Å². The van der Waals surface area contributed by atoms with E-state index in [1.807, 2.05) is 6.92 Å². The fraction of sp³-hybridized carbons (Fsp3) is 0.368. The summed E-state index contributed by atoms with van der Waals surface area (Å²) in [5.74, 6) is -0.951. The van der Waals surface area contributed by atoms with Gasteiger partial charge in [0.1, 0.15) is 5.82 Å². The zero-order valence-corrected chi connectivity index (χ0v) is 15.0. The van der Waals surface area contributed by atoms with Gasteiger partial charge in [-0.1, -0.05) is 6.07 Å². The summed E-state index contributed by atoms with van der Waals surface area (Å²) in [6, 6.07) is 6.13. The molecule has 0 fully saturated rings. The number of carbonyl (C=O) groups is 2. The van der Waals surface area contributed by atoms with Crippen molar-refractivity contribution in [1.29, 1.82) is 0 Å². The number of anilines is 1. The lowest BCUT2D eigenvalue weighted by atomic mass is 10.1. The minimum atomic E-state index is -0.440. The Morgan fingerprint density at radius 1 is 1.24 bits per heavy atom. The van der Waals surface area contributed by atoms with Crippen molar-refractivity contribution in [2.75, 3.05) is 24.6 Å². The Hall–Kier alpha value is -2.63. The molecular formula is C19H23FN2O3. The third-order valence-electron chi connectivity index (χ3n) is 4.09. The molecule has 0 unspecified atom stereocenters. The van der Waals surface area contributed by atoms with Crippen molar-refractivity contribution < 1.29 is 18.7 Å². The van der Waals surface area contributed by atoms with E-state index in [-0.39, 0.29) is 24.8 Å². The first-order valence-corrected chi connectivity index (χ1v) is 8.29. The summed E-state index contributed by atoms with van der Waals surface area (Å²) in [6.07, 6.45) is 0. The number of aryl methyl sites for hydroxylation is 1. The van der Waals surface area contributed by atoms with Gasteiger partial charge in [0, 0.05) is 17.9 Å². The van der Waals surface area contributed by atoms with Crippen molar-refractivity contribution in [3.05, 3.63) is 52.6 Å². The number of aromatic nitrogens is 1. The molecule has 1 aromatic carbocycles. The van der Waals surface area contributed by atoms with E-state index in [2.05, 4.69) is 4.98 Å². The average Bonchev–Trinajstić information content (AvgIpc) is 2.87. The van der Waals surface area contributed by atoms with Gasteiger partial charge in [0.15, 0.2) is 5.78 Å². The van der Waals surface area contributed by atoms with E-state index in [0.29, 0.717) is 34.7 Å². The topological polar surface area (TPSA) is 62.4 Å². The van der Waals surface area contributed by atoms with Crippen LogP contribution in [0.25, 0.3) is 0 Å². The largest absolute Gasteiger partial charge is 0.462 e. The molecule has 6 heteroatoms. The van der Waals surface area contributed by atoms with Crippen LogP contribution in [0.2, 0.25) is 0 Å². The quantitative estimate of drug-likeness (QED) is 0.614. The lowest BCUT2D eigenvalue weighted by Gasteiger charge is -2.22. The number of nitrogens with one attached hydrogen (secondary N) is 1. The minimum absolute atomic E-state index is 0.0863. The number of rotatable bonds is 7. The Bertz CT molecular complexity index is 783. The molecule has 25 heavy (non-hydrogen) atoms. The van der Waals surface area contributed by atoms with Gasteiger partial charge in [-0.15, -0.1) is 0 Å². The van der Waals surface area contributed by atoms with E-state index in [1.165, 1.54) is 12.1 Å². The maximum Gasteiger partial charge on any atom is 0.340 e. The van der Waals surface area contributed by atoms with Gasteiger partial charge in [0.25, 0.3) is 0 Å². The zero-order chi connectivity index (χ0) is 18.6. The predicted molar refractivity (Wildman–Crippen MR) is 94.8 cm³/mol. The second kappa shape index (κ2) is 7.96. The van der Waals surface area contributed by atoms with Gasteiger partial charge >= 0.3 is 5.97 Å². The average molecular weight is 346 g/mol. The molecule has 0 bridgehead atoms. The number of esters is 1. The van der Waals surface area contributed by atoms with Crippen molar-refractivity contribution in [3.8, 4) is 0 Å². The molecule has 2 rings (SSSR count). The summed E-state index contributed by atoms with van der Waals surface area (Å²) in [5, 5.41) is 0. The molecule has 0 radical (unpaired) electrons. The van der Waals surface area contributed by atoms with Crippen LogP contribution in [0.15, 0.2) is 24.3 Å². The molecule has 5 nitrogen and oxygen atoms in total. The number of hydrogen-bond acceptors (Lipinski definition) is 4. The van der Waals surface area contributed by atoms with E-state index in [9.17, 15) is 14.0 Å². The summed E-state index contributed by atoms with van der Waals surface area (Å²) >= 11 is 0. The van der Waals surface area contributed by atoms with Crippen LogP contribution in [0.3, 0.4) is 0 Å². The molecule has 0 saturated heterocycles. The SMILES string of the molecule is CCOC(=O)c1c(C)[nH]c(C(=O)CN(CC)c2cccc(F)c2)c1C. The van der Waals surface area contributed by atoms with Crippen molar-refractivity contribution >= 4 is 17.4 Å². The highest BCUT2D eigenvalue weighted by atomic mass is 19.1. The monoisotopic (exact) mass is 346 g/mol. The van der Waals surface area contributed by atoms with Gasteiger partial charge in [-0.25, -0.2) is 9.18 Å². The smallest absolute Gasteiger partial charge is 0.340 e. The fourth-order valence-electron chi connectivity index (χ4n) is 2.85. The van der Waals surface area contributed by atoms with Crippen LogP contribution >= 0.6 is 0 Å². The normalized spacial score (nSPS) is 10.6. The highest BCUT2D eigenvalue weighted by molar-refractivity contribution is 6.03. The second-order valence-corrected chi connectivity index (χ2v) is 5.76. The molecule has 0 aliphatic carbocycles. The summed E-state index contributed by atoms with van der Waals surface area (Å²) in [5.41, 5.74) is 2.61. The van der Waals surface area contributed by atoms with Crippen LogP contribution in [0.5, 0.6) is 0 Å². The number of Topliss-reactive ketones (excluding diaryl/α,β-unsaturated/α-hetero) is 1. The van der Waals surface area contributed by atoms with E-state index >= 15 is 0 Å². The van der Waals surface area contributed by atoms with Crippen LogP contribution in [0.4, 0.5) is 10.1 Å². The maximum atomic E-state index is 13.4. The van der Waals surface area contributed by atoms with Gasteiger partial charge in [0.2, 0.25) is 0 Å². The van der Waals surface area contributed by atoms with E-state index < -0.39 is 5.97 Å². The van der Waals surface area contributed by atoms with Crippen LogP contribution in [0, 0.1) is 19.7 Å². The lowest BCUT2D eigenvalue weighted by Crippen LogP contribution is -2.30. The van der Waals surface area contributed by atoms with Crippen molar-refractivity contribution in [1.82, 2.24) is 4.98 Å². The number of benzene rings is 1. The van der Waals surface area contributed by atoms with Gasteiger partial charge in [0.05, 0.1) is 24.4 Å². The zero-order valence-electron chi connectivity index (χ0n) is 15.0. The van der Waals surface area contributed by atoms with Crippen molar-refractivity contribution in [3.63, 3.8) is 0 Å². The first-order valence-electron chi connectivity index (χ1n) is 8.29. The summed E-state index contributed by atoms with van der Waals surface area (Å²) < 4.78 is 18.5. The molecule has 134 valence electrons. The predicted octanol–water partition coefficient (Wildman–Crippen LogP) is 3.66. The Kier molecular flexibility index (Phi) is 5.96. The summed E-state index contributed by atoms with van der Waals surface area (Å²) in [6.45, 7) is 8.01. The van der Waals surface area contributed by atoms with Crippen LogP contribution < -0.4 is 4.90 Å². The third kappa shape index (κ3) is 4.07. The summed E-state index contributed by atoms with van der Waals surface area (Å²) in [7, 11) is 0. The number of aromatic amines is 1. The van der Waals surface area contributed by atoms with E-state index in [1.54, 1.807) is 37.8 Å². The fourth-order valence-corrected chi connectivity index (χ4v) is 2.85. The van der Waals surface area contributed by atoms with Gasteiger partial charge in [-0.3, -0.25) is 4.79 Å². The number of halogens is 1. The number of likely N-dealkylation sites (N-methyl/N-ethyl adjacent to an activating group) is 1. The molecule has 0 spiro atoms. The number of hydrogen-bond donors (Lipinski definition) is 1. The van der Waals surface area contributed by atoms with Crippen molar-refractivity contribution in [2.24, 2.45) is 0 Å². The van der Waals surface area contributed by atoms with Crippen molar-refractivity contribution in [2.45, 2.75) is 27.7 Å². The Labute approximate surface area is 146 Å². The standard InChI is InChI=1S/C19H23FN2O3/c1-5-22(15-9-7-8-14(20)10-15)11-16(23)18-12(3)17(13(4)21-18)19(24)25-6-2/h7-10,21H,5-6,11H2,1-4H3. The molecule has 0 amide bonds. The first-order chi connectivity index (χ1) is 11.9. The van der Waals surface area contributed by atoms with Gasteiger partial charge in [-0.2, -0.15) is 0 Å². The molecule has 1 aromatic heterocycles. The van der Waals surface area contributed by atoms with Crippen LogP contribution in [-0.4, -0.2) is 36.4 Å².